The first-order valence-corrected chi connectivity index (χ1v) is 16.9. The van der Waals surface area contributed by atoms with Crippen LogP contribution in [0.1, 0.15) is 5.56 Å². The fraction of sp³-hybridized carbons (Fsp3) is 0.0217. The molecule has 2 heterocycles. The number of benzene rings is 8. The molecule has 0 atom stereocenters. The van der Waals surface area contributed by atoms with Gasteiger partial charge in [0.15, 0.2) is 17.5 Å². The first-order chi connectivity index (χ1) is 24.7. The Hall–Kier alpha value is -6.65. The second-order valence-corrected chi connectivity index (χ2v) is 12.9. The van der Waals surface area contributed by atoms with Crippen molar-refractivity contribution in [2.75, 3.05) is 0 Å². The maximum Gasteiger partial charge on any atom is 0.164 e. The summed E-state index contributed by atoms with van der Waals surface area (Å²) < 4.78 is 6.51. The van der Waals surface area contributed by atoms with E-state index in [1.54, 1.807) is 0 Å². The van der Waals surface area contributed by atoms with Gasteiger partial charge >= 0.3 is 0 Å². The second-order valence-electron chi connectivity index (χ2n) is 12.9. The summed E-state index contributed by atoms with van der Waals surface area (Å²) in [5.74, 6) is 1.91. The number of rotatable bonds is 4. The molecule has 0 fully saturated rings. The van der Waals surface area contributed by atoms with Gasteiger partial charge in [0.25, 0.3) is 0 Å². The van der Waals surface area contributed by atoms with Crippen LogP contribution in [0.2, 0.25) is 0 Å². The third-order valence-electron chi connectivity index (χ3n) is 9.73. The van der Waals surface area contributed by atoms with Crippen molar-refractivity contribution in [1.82, 2.24) is 15.0 Å². The number of aryl methyl sites for hydroxylation is 1. The Balaban J connectivity index is 1.20. The zero-order valence-electron chi connectivity index (χ0n) is 27.3. The highest BCUT2D eigenvalue weighted by Gasteiger charge is 2.19. The molecule has 10 rings (SSSR count). The summed E-state index contributed by atoms with van der Waals surface area (Å²) in [6.45, 7) is 2.15. The Labute approximate surface area is 288 Å². The molecule has 2 aromatic heterocycles. The first kappa shape index (κ1) is 28.4. The molecule has 4 nitrogen and oxygen atoms in total. The fourth-order valence-corrected chi connectivity index (χ4v) is 7.31. The Kier molecular flexibility index (Phi) is 6.36. The van der Waals surface area contributed by atoms with E-state index in [0.29, 0.717) is 17.5 Å². The molecule has 50 heavy (non-hydrogen) atoms. The molecule has 0 aliphatic carbocycles. The lowest BCUT2D eigenvalue weighted by Crippen LogP contribution is -2.01. The van der Waals surface area contributed by atoms with Gasteiger partial charge in [-0.3, -0.25) is 0 Å². The van der Waals surface area contributed by atoms with E-state index in [0.717, 1.165) is 71.3 Å². The molecule has 0 aliphatic heterocycles. The average molecular weight is 640 g/mol. The van der Waals surface area contributed by atoms with Crippen LogP contribution in [-0.2, 0) is 0 Å². The highest BCUT2D eigenvalue weighted by Crippen LogP contribution is 2.41. The third-order valence-corrected chi connectivity index (χ3v) is 9.73. The van der Waals surface area contributed by atoms with Crippen molar-refractivity contribution in [2.24, 2.45) is 0 Å². The molecule has 10 aromatic rings. The molecule has 0 spiro atoms. The molecule has 234 valence electrons. The van der Waals surface area contributed by atoms with E-state index in [1.165, 1.54) is 16.3 Å². The molecule has 8 aromatic carbocycles. The van der Waals surface area contributed by atoms with E-state index in [2.05, 4.69) is 153 Å². The van der Waals surface area contributed by atoms with Crippen molar-refractivity contribution in [3.8, 4) is 45.3 Å². The SMILES string of the molecule is Cc1cc(-c2ccc(-c3nc(-c4ccc5ccccc5c4)nc(-c4ccc5ccccc5c4)n3)c3ccccc23)c2oc3ccccc3c2c1. The van der Waals surface area contributed by atoms with Crippen LogP contribution < -0.4 is 0 Å². The topological polar surface area (TPSA) is 51.8 Å². The molecule has 4 heteroatoms. The van der Waals surface area contributed by atoms with Crippen molar-refractivity contribution in [1.29, 1.82) is 0 Å². The maximum absolute atomic E-state index is 6.51. The summed E-state index contributed by atoms with van der Waals surface area (Å²) in [7, 11) is 0. The van der Waals surface area contributed by atoms with Crippen LogP contribution in [0.4, 0.5) is 0 Å². The molecule has 0 aliphatic rings. The van der Waals surface area contributed by atoms with Gasteiger partial charge in [-0.25, -0.2) is 15.0 Å². The van der Waals surface area contributed by atoms with Gasteiger partial charge in [0.2, 0.25) is 0 Å². The van der Waals surface area contributed by atoms with E-state index in [-0.39, 0.29) is 0 Å². The number of fused-ring (bicyclic) bond motifs is 6. The quantitative estimate of drug-likeness (QED) is 0.192. The third kappa shape index (κ3) is 4.65. The Morgan fingerprint density at radius 3 is 1.56 bits per heavy atom. The van der Waals surface area contributed by atoms with E-state index in [4.69, 9.17) is 19.4 Å². The zero-order valence-corrected chi connectivity index (χ0v) is 27.3. The summed E-state index contributed by atoms with van der Waals surface area (Å²) in [5.41, 5.74) is 7.99. The minimum absolute atomic E-state index is 0.632. The molecule has 0 saturated carbocycles. The van der Waals surface area contributed by atoms with Crippen LogP contribution >= 0.6 is 0 Å². The fourth-order valence-electron chi connectivity index (χ4n) is 7.31. The monoisotopic (exact) mass is 639 g/mol. The Bertz CT molecular complexity index is 2860. The van der Waals surface area contributed by atoms with Crippen molar-refractivity contribution in [2.45, 2.75) is 6.92 Å². The number of aromatic nitrogens is 3. The minimum Gasteiger partial charge on any atom is -0.455 e. The van der Waals surface area contributed by atoms with Gasteiger partial charge in [-0.1, -0.05) is 121 Å². The van der Waals surface area contributed by atoms with Gasteiger partial charge in [0.1, 0.15) is 11.2 Å². The largest absolute Gasteiger partial charge is 0.455 e. The first-order valence-electron chi connectivity index (χ1n) is 16.9. The van der Waals surface area contributed by atoms with Crippen LogP contribution in [0.15, 0.2) is 162 Å². The summed E-state index contributed by atoms with van der Waals surface area (Å²) in [6, 6.07) is 55.1. The van der Waals surface area contributed by atoms with Crippen molar-refractivity contribution in [3.63, 3.8) is 0 Å². The lowest BCUT2D eigenvalue weighted by atomic mass is 9.92. The van der Waals surface area contributed by atoms with Crippen LogP contribution in [0, 0.1) is 6.92 Å². The average Bonchev–Trinajstić information content (AvgIpc) is 3.55. The molecular formula is C46H29N3O. The lowest BCUT2D eigenvalue weighted by Gasteiger charge is -2.14. The Morgan fingerprint density at radius 1 is 0.380 bits per heavy atom. The number of hydrogen-bond donors (Lipinski definition) is 0. The number of nitrogens with zero attached hydrogens (tertiary/aromatic N) is 3. The van der Waals surface area contributed by atoms with Crippen LogP contribution in [0.3, 0.4) is 0 Å². The van der Waals surface area contributed by atoms with Gasteiger partial charge in [-0.15, -0.1) is 0 Å². The molecule has 0 radical (unpaired) electrons. The van der Waals surface area contributed by atoms with E-state index < -0.39 is 0 Å². The standard InChI is InChI=1S/C46H29N3O/c1-28-24-40(43-41(25-28)38-16-8-9-17-42(38)50-43)37-22-23-39(36-15-7-6-14-35(36)37)46-48-44(33-20-18-29-10-2-4-12-31(29)26-33)47-45(49-46)34-21-19-30-11-3-5-13-32(30)27-34/h2-27H,1H3. The van der Waals surface area contributed by atoms with Gasteiger partial charge in [0.05, 0.1) is 0 Å². The molecular weight excluding hydrogens is 611 g/mol. The van der Waals surface area contributed by atoms with Gasteiger partial charge in [-0.05, 0) is 86.8 Å². The van der Waals surface area contributed by atoms with Crippen molar-refractivity contribution < 1.29 is 4.42 Å². The molecule has 0 unspecified atom stereocenters. The van der Waals surface area contributed by atoms with E-state index >= 15 is 0 Å². The van der Waals surface area contributed by atoms with E-state index in [9.17, 15) is 0 Å². The van der Waals surface area contributed by atoms with Crippen LogP contribution in [0.5, 0.6) is 0 Å². The van der Waals surface area contributed by atoms with Gasteiger partial charge in [0, 0.05) is 33.0 Å². The zero-order chi connectivity index (χ0) is 33.2. The number of furan rings is 1. The lowest BCUT2D eigenvalue weighted by molar-refractivity contribution is 0.670. The molecule has 0 N–H and O–H groups in total. The molecule has 0 saturated heterocycles. The van der Waals surface area contributed by atoms with Crippen LogP contribution in [0.25, 0.3) is 99.5 Å². The van der Waals surface area contributed by atoms with Gasteiger partial charge < -0.3 is 4.42 Å². The molecule has 0 bridgehead atoms. The second kappa shape index (κ2) is 11.2. The number of hydrogen-bond acceptors (Lipinski definition) is 4. The number of para-hydroxylation sites is 1. The summed E-state index contributed by atoms with van der Waals surface area (Å²) in [5, 5.41) is 9.07. The Morgan fingerprint density at radius 2 is 0.900 bits per heavy atom. The maximum atomic E-state index is 6.51. The highest BCUT2D eigenvalue weighted by molar-refractivity contribution is 6.14. The predicted octanol–water partition coefficient (Wildman–Crippen LogP) is 12.2. The highest BCUT2D eigenvalue weighted by atomic mass is 16.3. The van der Waals surface area contributed by atoms with Gasteiger partial charge in [-0.2, -0.15) is 0 Å². The van der Waals surface area contributed by atoms with Crippen molar-refractivity contribution >= 4 is 54.3 Å². The van der Waals surface area contributed by atoms with Crippen LogP contribution in [-0.4, -0.2) is 15.0 Å². The predicted molar refractivity (Wildman–Crippen MR) is 206 cm³/mol. The minimum atomic E-state index is 0.632. The smallest absolute Gasteiger partial charge is 0.164 e. The van der Waals surface area contributed by atoms with Crippen molar-refractivity contribution in [3.05, 3.63) is 163 Å². The summed E-state index contributed by atoms with van der Waals surface area (Å²) in [4.78, 5) is 15.4. The molecule has 0 amide bonds. The normalized spacial score (nSPS) is 11.7. The van der Waals surface area contributed by atoms with E-state index in [1.807, 2.05) is 12.1 Å². The summed E-state index contributed by atoms with van der Waals surface area (Å²) >= 11 is 0. The summed E-state index contributed by atoms with van der Waals surface area (Å²) in [6.07, 6.45) is 0.